The monoisotopic (exact) mass is 527 g/mol. The van der Waals surface area contributed by atoms with Crippen molar-refractivity contribution in [3.05, 3.63) is 0 Å². The first-order chi connectivity index (χ1) is 17.1. The van der Waals surface area contributed by atoms with Crippen LogP contribution in [0.1, 0.15) is 72.1 Å². The zero-order chi connectivity index (χ0) is 27.8. The number of amides is 4. The number of piperidine rings is 1. The summed E-state index contributed by atoms with van der Waals surface area (Å²) in [5, 5.41) is 17.1. The zero-order valence-corrected chi connectivity index (χ0v) is 21.7. The van der Waals surface area contributed by atoms with Crippen molar-refractivity contribution < 1.29 is 32.3 Å². The van der Waals surface area contributed by atoms with Crippen LogP contribution in [-0.4, -0.2) is 65.4 Å². The molecule has 12 heteroatoms. The average molecular weight is 528 g/mol. The molecule has 3 rings (SSSR count). The second-order valence-corrected chi connectivity index (χ2v) is 11.8. The molecule has 4 unspecified atom stereocenters. The summed E-state index contributed by atoms with van der Waals surface area (Å²) in [7, 11) is 1.32. The fraction of sp³-hybridized carbons (Fsp3) is 0.800. The molecular formula is C25H36F3N5O4. The number of hydrogen-bond acceptors (Lipinski definition) is 5. The predicted octanol–water partition coefficient (Wildman–Crippen LogP) is 2.16. The summed E-state index contributed by atoms with van der Waals surface area (Å²) < 4.78 is 38.8. The number of nitrogens with zero attached hydrogens (tertiary/aromatic N) is 2. The van der Waals surface area contributed by atoms with E-state index in [0.717, 1.165) is 37.0 Å². The lowest BCUT2D eigenvalue weighted by molar-refractivity contribution is -0.176. The van der Waals surface area contributed by atoms with E-state index in [0.29, 0.717) is 6.42 Å². The highest BCUT2D eigenvalue weighted by molar-refractivity contribution is 5.93. The van der Waals surface area contributed by atoms with Crippen LogP contribution < -0.4 is 16.0 Å². The number of rotatable bonds is 9. The molecule has 4 atom stereocenters. The third-order valence-corrected chi connectivity index (χ3v) is 7.59. The van der Waals surface area contributed by atoms with Crippen LogP contribution in [0.4, 0.5) is 13.2 Å². The lowest BCUT2D eigenvalue weighted by Crippen LogP contribution is -2.60. The number of likely N-dealkylation sites (N-methyl/N-ethyl adjacent to an activating group) is 1. The Morgan fingerprint density at radius 3 is 2.19 bits per heavy atom. The van der Waals surface area contributed by atoms with E-state index in [2.05, 4.69) is 10.6 Å². The van der Waals surface area contributed by atoms with Crippen LogP contribution in [0.15, 0.2) is 0 Å². The van der Waals surface area contributed by atoms with Gasteiger partial charge in [0.15, 0.2) is 0 Å². The maximum absolute atomic E-state index is 13.3. The zero-order valence-electron chi connectivity index (χ0n) is 21.7. The van der Waals surface area contributed by atoms with Gasteiger partial charge in [-0.2, -0.15) is 18.4 Å². The van der Waals surface area contributed by atoms with E-state index < -0.39 is 53.4 Å². The Balaban J connectivity index is 1.70. The fourth-order valence-corrected chi connectivity index (χ4v) is 4.78. The maximum atomic E-state index is 13.3. The first-order valence-corrected chi connectivity index (χ1v) is 12.7. The van der Waals surface area contributed by atoms with Crippen molar-refractivity contribution in [2.24, 2.45) is 17.3 Å². The van der Waals surface area contributed by atoms with Gasteiger partial charge in [-0.25, -0.2) is 0 Å². The summed E-state index contributed by atoms with van der Waals surface area (Å²) in [5.41, 5.74) is -1.17. The number of nitriles is 1. The van der Waals surface area contributed by atoms with Gasteiger partial charge in [0, 0.05) is 18.5 Å². The highest BCUT2D eigenvalue weighted by Gasteiger charge is 2.49. The Labute approximate surface area is 214 Å². The highest BCUT2D eigenvalue weighted by Crippen LogP contribution is 2.44. The molecule has 4 amide bonds. The molecule has 0 radical (unpaired) electrons. The van der Waals surface area contributed by atoms with Gasteiger partial charge in [0.05, 0.1) is 6.07 Å². The van der Waals surface area contributed by atoms with Gasteiger partial charge >= 0.3 is 12.1 Å². The van der Waals surface area contributed by atoms with Crippen molar-refractivity contribution in [1.29, 1.82) is 5.26 Å². The van der Waals surface area contributed by atoms with Gasteiger partial charge in [0.25, 0.3) is 0 Å². The minimum absolute atomic E-state index is 0.0947. The van der Waals surface area contributed by atoms with E-state index in [-0.39, 0.29) is 30.2 Å². The van der Waals surface area contributed by atoms with Crippen LogP contribution in [0.2, 0.25) is 0 Å². The molecule has 3 aliphatic rings. The van der Waals surface area contributed by atoms with Gasteiger partial charge in [-0.3, -0.25) is 19.2 Å². The van der Waals surface area contributed by atoms with Crippen molar-refractivity contribution in [1.82, 2.24) is 20.9 Å². The third-order valence-electron chi connectivity index (χ3n) is 7.59. The van der Waals surface area contributed by atoms with E-state index in [1.165, 1.54) is 27.8 Å². The lowest BCUT2D eigenvalue weighted by Gasteiger charge is -2.37. The van der Waals surface area contributed by atoms with Crippen LogP contribution in [0.25, 0.3) is 0 Å². The van der Waals surface area contributed by atoms with Crippen molar-refractivity contribution in [2.45, 2.75) is 102 Å². The normalized spacial score (nSPS) is 23.2. The molecule has 2 aliphatic carbocycles. The number of carbonyl (C=O) groups excluding carboxylic acids is 4. The molecule has 0 aromatic heterocycles. The molecule has 3 N–H and O–H groups in total. The van der Waals surface area contributed by atoms with E-state index >= 15 is 0 Å². The van der Waals surface area contributed by atoms with Gasteiger partial charge in [-0.1, -0.05) is 33.6 Å². The van der Waals surface area contributed by atoms with E-state index in [1.807, 2.05) is 6.07 Å². The van der Waals surface area contributed by atoms with Crippen molar-refractivity contribution in [2.75, 3.05) is 7.05 Å². The molecule has 1 heterocycles. The molecule has 3 fully saturated rings. The molecule has 206 valence electrons. The molecule has 2 saturated carbocycles. The summed E-state index contributed by atoms with van der Waals surface area (Å²) in [6.07, 6.45) is 0.295. The summed E-state index contributed by atoms with van der Waals surface area (Å²) in [5.74, 6) is -4.06. The first-order valence-electron chi connectivity index (χ1n) is 12.7. The molecule has 37 heavy (non-hydrogen) atoms. The summed E-state index contributed by atoms with van der Waals surface area (Å²) >= 11 is 0. The number of nitrogens with one attached hydrogen (secondary N) is 3. The van der Waals surface area contributed by atoms with Gasteiger partial charge in [0.1, 0.15) is 18.1 Å². The SMILES string of the molecule is CN(C(=O)C(NC(=O)C(F)(F)F)C(C)(C)C)C(CC1CC1)C(=O)NC(C#N)CC1CCC2(CC2)NC1=O. The van der Waals surface area contributed by atoms with Gasteiger partial charge in [-0.15, -0.1) is 0 Å². The Morgan fingerprint density at radius 2 is 1.73 bits per heavy atom. The molecular weight excluding hydrogens is 491 g/mol. The van der Waals surface area contributed by atoms with Gasteiger partial charge in [0.2, 0.25) is 17.7 Å². The van der Waals surface area contributed by atoms with Crippen LogP contribution >= 0.6 is 0 Å². The van der Waals surface area contributed by atoms with Crippen LogP contribution in [0.5, 0.6) is 0 Å². The van der Waals surface area contributed by atoms with Crippen molar-refractivity contribution >= 4 is 23.6 Å². The molecule has 1 saturated heterocycles. The Hall–Kier alpha value is -2.84. The van der Waals surface area contributed by atoms with Crippen molar-refractivity contribution in [3.63, 3.8) is 0 Å². The van der Waals surface area contributed by atoms with Crippen LogP contribution in [0, 0.1) is 28.6 Å². The van der Waals surface area contributed by atoms with Gasteiger partial charge in [-0.05, 0) is 49.9 Å². The quantitative estimate of drug-likeness (QED) is 0.423. The Kier molecular flexibility index (Phi) is 8.15. The average Bonchev–Trinajstić information content (AvgIpc) is 3.72. The standard InChI is InChI=1S/C25H36F3N5O4/c1-23(2,3)18(31-22(37)25(26,27)28)21(36)33(4)17(11-14-5-6-14)20(35)30-16(13-29)12-15-7-8-24(9-10-24)32-19(15)34/h14-18H,5-12H2,1-4H3,(H,30,35)(H,31,37)(H,32,34). The molecule has 9 nitrogen and oxygen atoms in total. The molecule has 0 bridgehead atoms. The number of carbonyl (C=O) groups is 4. The minimum Gasteiger partial charge on any atom is -0.350 e. The third kappa shape index (κ3) is 7.36. The molecule has 0 aromatic rings. The summed E-state index contributed by atoms with van der Waals surface area (Å²) in [6, 6.07) is -1.52. The van der Waals surface area contributed by atoms with Crippen LogP contribution in [0.3, 0.4) is 0 Å². The number of halogens is 3. The highest BCUT2D eigenvalue weighted by atomic mass is 19.4. The largest absolute Gasteiger partial charge is 0.471 e. The molecule has 1 aliphatic heterocycles. The fourth-order valence-electron chi connectivity index (χ4n) is 4.78. The Bertz CT molecular complexity index is 963. The van der Waals surface area contributed by atoms with E-state index in [4.69, 9.17) is 0 Å². The van der Waals surface area contributed by atoms with E-state index in [9.17, 15) is 37.6 Å². The minimum atomic E-state index is -5.17. The topological polar surface area (TPSA) is 131 Å². The Morgan fingerprint density at radius 1 is 1.11 bits per heavy atom. The second-order valence-electron chi connectivity index (χ2n) is 11.8. The van der Waals surface area contributed by atoms with Crippen molar-refractivity contribution in [3.8, 4) is 6.07 Å². The number of hydrogen-bond donors (Lipinski definition) is 3. The second kappa shape index (κ2) is 10.5. The number of alkyl halides is 3. The maximum Gasteiger partial charge on any atom is 0.471 e. The molecule has 0 aromatic carbocycles. The lowest BCUT2D eigenvalue weighted by atomic mass is 9.85. The molecule has 1 spiro atoms. The van der Waals surface area contributed by atoms with Gasteiger partial charge < -0.3 is 20.9 Å². The predicted molar refractivity (Wildman–Crippen MR) is 126 cm³/mol. The smallest absolute Gasteiger partial charge is 0.350 e. The first kappa shape index (κ1) is 28.7. The summed E-state index contributed by atoms with van der Waals surface area (Å²) in [4.78, 5) is 51.8. The van der Waals surface area contributed by atoms with Crippen LogP contribution in [-0.2, 0) is 19.2 Å². The van der Waals surface area contributed by atoms with E-state index in [1.54, 1.807) is 5.32 Å². The summed E-state index contributed by atoms with van der Waals surface area (Å²) in [6.45, 7) is 4.55.